The number of ether oxygens (including phenoxy) is 2. The van der Waals surface area contributed by atoms with Crippen molar-refractivity contribution in [3.63, 3.8) is 0 Å². The minimum absolute atomic E-state index is 0.0305. The van der Waals surface area contributed by atoms with Crippen LogP contribution in [0.4, 0.5) is 0 Å². The molecule has 2 aliphatic heterocycles. The Hall–Kier alpha value is 0.410. The normalized spacial score (nSPS) is 32.2. The SMILES string of the molecule is CC(=O)OC[C@H]1[C][C][C@H]2N=C(C(Br)Br)S[C@H]2O1. The van der Waals surface area contributed by atoms with E-state index in [0.29, 0.717) is 0 Å². The number of halogens is 2. The maximum Gasteiger partial charge on any atom is 0.302 e. The molecule has 0 unspecified atom stereocenters. The predicted molar refractivity (Wildman–Crippen MR) is 72.2 cm³/mol. The highest BCUT2D eigenvalue weighted by Gasteiger charge is 2.39. The van der Waals surface area contributed by atoms with Crippen molar-refractivity contribution in [2.45, 2.75) is 28.2 Å². The number of fused-ring (bicyclic) bond motifs is 1. The molecule has 4 nitrogen and oxygen atoms in total. The topological polar surface area (TPSA) is 47.9 Å². The van der Waals surface area contributed by atoms with Gasteiger partial charge in [0.25, 0.3) is 0 Å². The van der Waals surface area contributed by atoms with Crippen LogP contribution in [-0.2, 0) is 14.3 Å². The van der Waals surface area contributed by atoms with E-state index in [1.165, 1.54) is 18.7 Å². The molecule has 0 aliphatic carbocycles. The van der Waals surface area contributed by atoms with Crippen molar-refractivity contribution in [1.82, 2.24) is 0 Å². The number of rotatable bonds is 3. The van der Waals surface area contributed by atoms with Crippen LogP contribution in [-0.4, -0.2) is 38.9 Å². The Bertz CT molecular complexity index is 338. The van der Waals surface area contributed by atoms with Gasteiger partial charge in [0.05, 0.1) is 11.1 Å². The second kappa shape index (κ2) is 6.04. The monoisotopic (exact) mass is 381 g/mol. The molecule has 0 N–H and O–H groups in total. The van der Waals surface area contributed by atoms with Gasteiger partial charge in [0.15, 0.2) is 0 Å². The molecule has 1 fully saturated rings. The lowest BCUT2D eigenvalue weighted by Gasteiger charge is -2.29. The fourth-order valence-corrected chi connectivity index (χ4v) is 3.22. The molecule has 0 saturated carbocycles. The lowest BCUT2D eigenvalue weighted by molar-refractivity contribution is -0.145. The molecule has 0 spiro atoms. The summed E-state index contributed by atoms with van der Waals surface area (Å²) in [6, 6.07) is -0.124. The van der Waals surface area contributed by atoms with E-state index >= 15 is 0 Å². The van der Waals surface area contributed by atoms with Crippen molar-refractivity contribution in [1.29, 1.82) is 0 Å². The number of alkyl halides is 2. The number of esters is 1. The van der Waals surface area contributed by atoms with Crippen LogP contribution >= 0.6 is 43.6 Å². The smallest absolute Gasteiger partial charge is 0.302 e. The van der Waals surface area contributed by atoms with Gasteiger partial charge in [-0.1, -0.05) is 43.6 Å². The van der Waals surface area contributed by atoms with Crippen molar-refractivity contribution in [2.24, 2.45) is 4.99 Å². The average Bonchev–Trinajstić information content (AvgIpc) is 2.69. The van der Waals surface area contributed by atoms with E-state index in [9.17, 15) is 4.79 Å². The zero-order valence-electron chi connectivity index (χ0n) is 8.85. The number of hydrogen-bond donors (Lipinski definition) is 0. The Morgan fingerprint density at radius 1 is 1.65 bits per heavy atom. The third kappa shape index (κ3) is 3.68. The first kappa shape index (κ1) is 13.8. The first-order valence-electron chi connectivity index (χ1n) is 4.88. The summed E-state index contributed by atoms with van der Waals surface area (Å²) in [4.78, 5) is 15.1. The Morgan fingerprint density at radius 3 is 3.06 bits per heavy atom. The van der Waals surface area contributed by atoms with Gasteiger partial charge in [0, 0.05) is 19.8 Å². The molecule has 0 aromatic heterocycles. The zero-order chi connectivity index (χ0) is 12.4. The Kier molecular flexibility index (Phi) is 4.91. The highest BCUT2D eigenvalue weighted by Crippen LogP contribution is 2.38. The van der Waals surface area contributed by atoms with Crippen molar-refractivity contribution in [2.75, 3.05) is 6.61 Å². The van der Waals surface area contributed by atoms with Crippen molar-refractivity contribution >= 4 is 54.6 Å². The number of thioether (sulfide) groups is 1. The van der Waals surface area contributed by atoms with E-state index in [2.05, 4.69) is 49.7 Å². The van der Waals surface area contributed by atoms with Gasteiger partial charge in [-0.2, -0.15) is 0 Å². The number of aliphatic imine (C=N–C) groups is 1. The highest BCUT2D eigenvalue weighted by molar-refractivity contribution is 9.25. The van der Waals surface area contributed by atoms with Crippen LogP contribution in [0.3, 0.4) is 0 Å². The molecule has 0 amide bonds. The van der Waals surface area contributed by atoms with E-state index in [1.54, 1.807) is 0 Å². The average molecular weight is 383 g/mol. The maximum atomic E-state index is 10.7. The fraction of sp³-hybridized carbons (Fsp3) is 0.600. The van der Waals surface area contributed by atoms with E-state index in [1.807, 2.05) is 0 Å². The van der Waals surface area contributed by atoms with Gasteiger partial charge in [0.1, 0.15) is 21.9 Å². The summed E-state index contributed by atoms with van der Waals surface area (Å²) >= 11 is 8.32. The summed E-state index contributed by atoms with van der Waals surface area (Å²) in [5, 5.41) is 0.919. The molecular formula is C10H9Br2NO3S. The van der Waals surface area contributed by atoms with Gasteiger partial charge in [-0.05, 0) is 0 Å². The number of hydrogen-bond acceptors (Lipinski definition) is 5. The van der Waals surface area contributed by atoms with E-state index in [4.69, 9.17) is 9.47 Å². The molecular weight excluding hydrogens is 374 g/mol. The van der Waals surface area contributed by atoms with Gasteiger partial charge in [-0.25, -0.2) is 0 Å². The van der Waals surface area contributed by atoms with Crippen LogP contribution in [0.1, 0.15) is 6.92 Å². The lowest BCUT2D eigenvalue weighted by atomic mass is 10.1. The zero-order valence-corrected chi connectivity index (χ0v) is 12.8. The minimum Gasteiger partial charge on any atom is -0.463 e. The molecule has 0 aromatic carbocycles. The summed E-state index contributed by atoms with van der Waals surface area (Å²) in [6.07, 6.45) is 5.57. The third-order valence-corrected chi connectivity index (χ3v) is 4.73. The van der Waals surface area contributed by atoms with Crippen LogP contribution in [0, 0.1) is 12.8 Å². The van der Waals surface area contributed by atoms with E-state index < -0.39 is 0 Å². The molecule has 0 bridgehead atoms. The standard InChI is InChI=1S/C10H9Br2NO3S/c1-5(14)15-4-6-2-3-7-10(16-6)17-9(13-7)8(11)12/h6-8,10H,4H2,1H3/t6-,7-,10-/m1/s1. The molecule has 4 radical (unpaired) electrons. The van der Waals surface area contributed by atoms with Gasteiger partial charge in [0.2, 0.25) is 0 Å². The van der Waals surface area contributed by atoms with Crippen molar-refractivity contribution in [3.8, 4) is 0 Å². The Labute approximate surface area is 121 Å². The van der Waals surface area contributed by atoms with Crippen molar-refractivity contribution in [3.05, 3.63) is 12.8 Å². The summed E-state index contributed by atoms with van der Waals surface area (Å²) < 4.78 is 10.6. The first-order valence-corrected chi connectivity index (χ1v) is 7.60. The van der Waals surface area contributed by atoms with E-state index in [-0.39, 0.29) is 33.9 Å². The van der Waals surface area contributed by atoms with Crippen LogP contribution in [0.2, 0.25) is 0 Å². The summed E-state index contributed by atoms with van der Waals surface area (Å²) in [5.74, 6) is -0.325. The first-order chi connectivity index (χ1) is 8.06. The number of carbonyl (C=O) groups is 1. The van der Waals surface area contributed by atoms with Crippen molar-refractivity contribution < 1.29 is 14.3 Å². The van der Waals surface area contributed by atoms with Crippen LogP contribution in [0.5, 0.6) is 0 Å². The van der Waals surface area contributed by atoms with Crippen LogP contribution in [0.25, 0.3) is 0 Å². The molecule has 92 valence electrons. The van der Waals surface area contributed by atoms with Gasteiger partial charge >= 0.3 is 5.97 Å². The maximum absolute atomic E-state index is 10.7. The van der Waals surface area contributed by atoms with Gasteiger partial charge in [-0.3, -0.25) is 9.79 Å². The molecule has 1 saturated heterocycles. The van der Waals surface area contributed by atoms with E-state index in [0.717, 1.165) is 5.04 Å². The quantitative estimate of drug-likeness (QED) is 0.553. The number of carbonyl (C=O) groups excluding carboxylic acids is 1. The molecule has 2 aliphatic rings. The summed E-state index contributed by atoms with van der Waals surface area (Å²) in [7, 11) is 0. The van der Waals surface area contributed by atoms with Crippen LogP contribution in [0.15, 0.2) is 4.99 Å². The third-order valence-electron chi connectivity index (χ3n) is 2.08. The second-order valence-corrected chi connectivity index (χ2v) is 7.59. The van der Waals surface area contributed by atoms with Gasteiger partial charge in [-0.15, -0.1) is 0 Å². The fourth-order valence-electron chi connectivity index (χ4n) is 1.37. The van der Waals surface area contributed by atoms with Gasteiger partial charge < -0.3 is 9.47 Å². The lowest BCUT2D eigenvalue weighted by Crippen LogP contribution is -2.37. The molecule has 2 heterocycles. The molecule has 0 aromatic rings. The molecule has 7 heteroatoms. The predicted octanol–water partition coefficient (Wildman–Crippen LogP) is 2.07. The molecule has 3 atom stereocenters. The minimum atomic E-state index is -0.355. The Morgan fingerprint density at radius 2 is 2.41 bits per heavy atom. The Balaban J connectivity index is 1.84. The molecule has 17 heavy (non-hydrogen) atoms. The van der Waals surface area contributed by atoms with Crippen LogP contribution < -0.4 is 0 Å². The summed E-state index contributed by atoms with van der Waals surface area (Å²) in [5.41, 5.74) is -0.107. The summed E-state index contributed by atoms with van der Waals surface area (Å²) in [6.45, 7) is 1.54. The highest BCUT2D eigenvalue weighted by atomic mass is 79.9. The number of nitrogens with zero attached hydrogens (tertiary/aromatic N) is 1. The molecule has 2 rings (SSSR count). The second-order valence-electron chi connectivity index (χ2n) is 3.42. The largest absolute Gasteiger partial charge is 0.463 e.